The Bertz CT molecular complexity index is 460. The molecule has 2 atom stereocenters. The van der Waals surface area contributed by atoms with Gasteiger partial charge in [-0.3, -0.25) is 0 Å². The molecule has 1 saturated heterocycles. The molecule has 0 unspecified atom stereocenters. The summed E-state index contributed by atoms with van der Waals surface area (Å²) in [6, 6.07) is 10.6. The van der Waals surface area contributed by atoms with Crippen LogP contribution in [0.25, 0.3) is 0 Å². The van der Waals surface area contributed by atoms with Gasteiger partial charge in [-0.1, -0.05) is 30.3 Å². The highest BCUT2D eigenvalue weighted by atomic mass is 19.4. The average molecular weight is 305 g/mol. The summed E-state index contributed by atoms with van der Waals surface area (Å²) in [6.07, 6.45) is -3.44. The normalized spacial score (nSPS) is 25.7. The van der Waals surface area contributed by atoms with E-state index in [4.69, 9.17) is 9.90 Å². The van der Waals surface area contributed by atoms with Crippen LogP contribution in [0.5, 0.6) is 0 Å². The lowest BCUT2D eigenvalue weighted by Crippen LogP contribution is -2.41. The van der Waals surface area contributed by atoms with Gasteiger partial charge in [-0.25, -0.2) is 4.79 Å². The van der Waals surface area contributed by atoms with E-state index in [1.165, 1.54) is 5.56 Å². The molecule has 1 heterocycles. The van der Waals surface area contributed by atoms with Gasteiger partial charge in [0, 0.05) is 6.04 Å². The van der Waals surface area contributed by atoms with Gasteiger partial charge in [0.1, 0.15) is 0 Å². The Morgan fingerprint density at radius 2 is 1.86 bits per heavy atom. The zero-order valence-electron chi connectivity index (χ0n) is 11.5. The predicted molar refractivity (Wildman–Crippen MR) is 70.7 cm³/mol. The first kappa shape index (κ1) is 17.5. The van der Waals surface area contributed by atoms with Crippen molar-refractivity contribution in [3.63, 3.8) is 0 Å². The lowest BCUT2D eigenvalue weighted by Gasteiger charge is -2.35. The molecule has 4 nitrogen and oxygen atoms in total. The Balaban J connectivity index is 0.000000270. The van der Waals surface area contributed by atoms with Gasteiger partial charge >= 0.3 is 12.1 Å². The SMILES string of the molecule is C[C@]1(O)CCN[C@@H](c2ccccc2)C1.O=C(O)C(F)(F)F. The van der Waals surface area contributed by atoms with E-state index in [0.29, 0.717) is 6.04 Å². The first-order chi connectivity index (χ1) is 9.62. The lowest BCUT2D eigenvalue weighted by molar-refractivity contribution is -0.192. The van der Waals surface area contributed by atoms with Crippen LogP contribution in [-0.2, 0) is 4.79 Å². The number of aliphatic hydroxyl groups is 1. The summed E-state index contributed by atoms with van der Waals surface area (Å²) in [7, 11) is 0. The third kappa shape index (κ3) is 6.14. The number of rotatable bonds is 1. The molecule has 0 radical (unpaired) electrons. The van der Waals surface area contributed by atoms with Crippen molar-refractivity contribution in [2.45, 2.75) is 37.6 Å². The van der Waals surface area contributed by atoms with Gasteiger partial charge in [0.15, 0.2) is 0 Å². The fourth-order valence-corrected chi connectivity index (χ4v) is 2.05. The summed E-state index contributed by atoms with van der Waals surface area (Å²) in [5, 5.41) is 20.5. The molecule has 0 spiro atoms. The number of alkyl halides is 3. The van der Waals surface area contributed by atoms with Crippen molar-refractivity contribution in [2.24, 2.45) is 0 Å². The van der Waals surface area contributed by atoms with Crippen molar-refractivity contribution >= 4 is 5.97 Å². The summed E-state index contributed by atoms with van der Waals surface area (Å²) in [5.74, 6) is -2.76. The van der Waals surface area contributed by atoms with Gasteiger partial charge in [0.2, 0.25) is 0 Å². The summed E-state index contributed by atoms with van der Waals surface area (Å²) in [6.45, 7) is 2.82. The minimum Gasteiger partial charge on any atom is -0.475 e. The minimum atomic E-state index is -5.08. The van der Waals surface area contributed by atoms with Crippen LogP contribution in [0, 0.1) is 0 Å². The van der Waals surface area contributed by atoms with Crippen LogP contribution in [-0.4, -0.2) is 34.5 Å². The van der Waals surface area contributed by atoms with Crippen molar-refractivity contribution in [1.29, 1.82) is 0 Å². The molecule has 1 aliphatic rings. The van der Waals surface area contributed by atoms with E-state index in [1.54, 1.807) is 0 Å². The third-order valence-corrected chi connectivity index (χ3v) is 3.14. The quantitative estimate of drug-likeness (QED) is 0.745. The zero-order valence-corrected chi connectivity index (χ0v) is 11.5. The lowest BCUT2D eigenvalue weighted by atomic mass is 9.86. The first-order valence-corrected chi connectivity index (χ1v) is 6.43. The molecule has 0 aromatic heterocycles. The van der Waals surface area contributed by atoms with E-state index in [9.17, 15) is 18.3 Å². The molecule has 1 aliphatic heterocycles. The largest absolute Gasteiger partial charge is 0.490 e. The second kappa shape index (κ2) is 6.91. The maximum absolute atomic E-state index is 10.6. The Labute approximate surface area is 120 Å². The van der Waals surface area contributed by atoms with Crippen molar-refractivity contribution < 1.29 is 28.2 Å². The molecule has 7 heteroatoms. The number of piperidine rings is 1. The summed E-state index contributed by atoms with van der Waals surface area (Å²) in [5.41, 5.74) is 0.763. The third-order valence-electron chi connectivity index (χ3n) is 3.14. The number of carbonyl (C=O) groups is 1. The van der Waals surface area contributed by atoms with E-state index in [1.807, 2.05) is 25.1 Å². The molecule has 0 bridgehead atoms. The fraction of sp³-hybridized carbons (Fsp3) is 0.500. The van der Waals surface area contributed by atoms with Gasteiger partial charge in [-0.15, -0.1) is 0 Å². The second-order valence-electron chi connectivity index (χ2n) is 5.17. The molecule has 2 rings (SSSR count). The van der Waals surface area contributed by atoms with Gasteiger partial charge in [0.05, 0.1) is 5.60 Å². The van der Waals surface area contributed by atoms with E-state index < -0.39 is 17.7 Å². The molecule has 0 aliphatic carbocycles. The number of carboxylic acid groups (broad SMARTS) is 1. The zero-order chi connectivity index (χ0) is 16.1. The van der Waals surface area contributed by atoms with E-state index in [0.717, 1.165) is 19.4 Å². The summed E-state index contributed by atoms with van der Waals surface area (Å²) >= 11 is 0. The van der Waals surface area contributed by atoms with Crippen LogP contribution in [0.4, 0.5) is 13.2 Å². The smallest absolute Gasteiger partial charge is 0.475 e. The van der Waals surface area contributed by atoms with Crippen LogP contribution in [0.3, 0.4) is 0 Å². The highest BCUT2D eigenvalue weighted by molar-refractivity contribution is 5.73. The summed E-state index contributed by atoms with van der Waals surface area (Å²) < 4.78 is 31.7. The van der Waals surface area contributed by atoms with Gasteiger partial charge in [-0.05, 0) is 31.9 Å². The maximum Gasteiger partial charge on any atom is 0.490 e. The monoisotopic (exact) mass is 305 g/mol. The Kier molecular flexibility index (Phi) is 5.74. The number of benzene rings is 1. The molecule has 0 saturated carbocycles. The maximum atomic E-state index is 10.6. The second-order valence-corrected chi connectivity index (χ2v) is 5.17. The fourth-order valence-electron chi connectivity index (χ4n) is 2.05. The first-order valence-electron chi connectivity index (χ1n) is 6.43. The van der Waals surface area contributed by atoms with Crippen molar-refractivity contribution in [2.75, 3.05) is 6.54 Å². The van der Waals surface area contributed by atoms with Crippen LogP contribution >= 0.6 is 0 Å². The molecule has 1 fully saturated rings. The van der Waals surface area contributed by atoms with Crippen LogP contribution in [0.1, 0.15) is 31.4 Å². The number of hydrogen-bond donors (Lipinski definition) is 3. The number of hydrogen-bond acceptors (Lipinski definition) is 3. The highest BCUT2D eigenvalue weighted by Gasteiger charge is 2.38. The minimum absolute atomic E-state index is 0.306. The summed E-state index contributed by atoms with van der Waals surface area (Å²) in [4.78, 5) is 8.90. The predicted octanol–water partition coefficient (Wildman–Crippen LogP) is 2.50. The average Bonchev–Trinajstić information content (AvgIpc) is 2.38. The van der Waals surface area contributed by atoms with Gasteiger partial charge in [-0.2, -0.15) is 13.2 Å². The van der Waals surface area contributed by atoms with Gasteiger partial charge < -0.3 is 15.5 Å². The highest BCUT2D eigenvalue weighted by Crippen LogP contribution is 2.29. The van der Waals surface area contributed by atoms with E-state index >= 15 is 0 Å². The Morgan fingerprint density at radius 1 is 1.33 bits per heavy atom. The molecular formula is C14H18F3NO3. The van der Waals surface area contributed by atoms with Crippen molar-refractivity contribution in [3.05, 3.63) is 35.9 Å². The molecular weight excluding hydrogens is 287 g/mol. The van der Waals surface area contributed by atoms with Crippen LogP contribution in [0.2, 0.25) is 0 Å². The van der Waals surface area contributed by atoms with E-state index in [2.05, 4.69) is 17.4 Å². The van der Waals surface area contributed by atoms with Crippen LogP contribution in [0.15, 0.2) is 30.3 Å². The van der Waals surface area contributed by atoms with E-state index in [-0.39, 0.29) is 0 Å². The molecule has 1 aromatic rings. The van der Waals surface area contributed by atoms with Crippen molar-refractivity contribution in [1.82, 2.24) is 5.32 Å². The topological polar surface area (TPSA) is 69.6 Å². The Morgan fingerprint density at radius 3 is 2.29 bits per heavy atom. The Hall–Kier alpha value is -1.60. The van der Waals surface area contributed by atoms with Gasteiger partial charge in [0.25, 0.3) is 0 Å². The molecule has 3 N–H and O–H groups in total. The molecule has 21 heavy (non-hydrogen) atoms. The number of aliphatic carboxylic acids is 1. The standard InChI is InChI=1S/C12H17NO.C2HF3O2/c1-12(14)7-8-13-11(9-12)10-5-3-2-4-6-10;3-2(4,5)1(6)7/h2-6,11,13-14H,7-9H2,1H3;(H,6,7)/t11-,12+;/m1./s1. The molecule has 0 amide bonds. The number of nitrogens with one attached hydrogen (secondary N) is 1. The number of carboxylic acids is 1. The molecule has 1 aromatic carbocycles. The van der Waals surface area contributed by atoms with Crippen LogP contribution < -0.4 is 5.32 Å². The van der Waals surface area contributed by atoms with Crippen molar-refractivity contribution in [3.8, 4) is 0 Å². The number of halogens is 3. The molecule has 118 valence electrons.